The van der Waals surface area contributed by atoms with Crippen molar-refractivity contribution in [1.29, 1.82) is 0 Å². The van der Waals surface area contributed by atoms with Crippen LogP contribution in [0.25, 0.3) is 0 Å². The highest BCUT2D eigenvalue weighted by molar-refractivity contribution is 7.53. The van der Waals surface area contributed by atoms with Crippen LogP contribution in [0.4, 0.5) is 0 Å². The Hall–Kier alpha value is -0.830. The van der Waals surface area contributed by atoms with Crippen molar-refractivity contribution in [2.24, 2.45) is 0 Å². The van der Waals surface area contributed by atoms with E-state index in [4.69, 9.17) is 13.8 Å². The summed E-state index contributed by atoms with van der Waals surface area (Å²) >= 11 is 0. The van der Waals surface area contributed by atoms with Crippen molar-refractivity contribution in [2.75, 3.05) is 13.2 Å². The first-order valence-corrected chi connectivity index (χ1v) is 8.36. The Balaban J connectivity index is 2.92. The fourth-order valence-electron chi connectivity index (χ4n) is 1.73. The SMILES string of the molecule is CCOP(=O)(Cc1ccccc1OC(C)C)OCC. The van der Waals surface area contributed by atoms with E-state index in [-0.39, 0.29) is 12.3 Å². The lowest BCUT2D eigenvalue weighted by molar-refractivity contribution is 0.216. The maximum Gasteiger partial charge on any atom is 0.335 e. The van der Waals surface area contributed by atoms with Crippen LogP contribution in [-0.2, 0) is 19.8 Å². The summed E-state index contributed by atoms with van der Waals surface area (Å²) in [5, 5.41) is 0. The quantitative estimate of drug-likeness (QED) is 0.670. The zero-order chi connectivity index (χ0) is 14.3. The van der Waals surface area contributed by atoms with Gasteiger partial charge in [0.05, 0.1) is 25.5 Å². The highest BCUT2D eigenvalue weighted by Crippen LogP contribution is 2.52. The van der Waals surface area contributed by atoms with E-state index in [2.05, 4.69) is 0 Å². The van der Waals surface area contributed by atoms with Gasteiger partial charge in [0.2, 0.25) is 0 Å². The minimum Gasteiger partial charge on any atom is -0.491 e. The standard InChI is InChI=1S/C14H23O4P/c1-5-16-19(15,17-6-2)11-13-9-7-8-10-14(13)18-12(3)4/h7-10,12H,5-6,11H2,1-4H3. The molecule has 0 unspecified atom stereocenters. The maximum absolute atomic E-state index is 12.5. The second kappa shape index (κ2) is 7.68. The third-order valence-corrected chi connectivity index (χ3v) is 4.38. The summed E-state index contributed by atoms with van der Waals surface area (Å²) in [6, 6.07) is 7.55. The largest absolute Gasteiger partial charge is 0.491 e. The van der Waals surface area contributed by atoms with E-state index in [1.54, 1.807) is 0 Å². The van der Waals surface area contributed by atoms with Gasteiger partial charge in [-0.3, -0.25) is 4.57 Å². The Morgan fingerprint density at radius 3 is 2.21 bits per heavy atom. The third-order valence-electron chi connectivity index (χ3n) is 2.35. The number of hydrogen-bond donors (Lipinski definition) is 0. The van der Waals surface area contributed by atoms with Gasteiger partial charge in [0.15, 0.2) is 0 Å². The summed E-state index contributed by atoms with van der Waals surface area (Å²) in [6.07, 6.45) is 0.303. The molecule has 0 aliphatic carbocycles. The van der Waals surface area contributed by atoms with E-state index in [9.17, 15) is 4.57 Å². The second-order valence-electron chi connectivity index (χ2n) is 4.38. The molecule has 0 fully saturated rings. The number of ether oxygens (including phenoxy) is 1. The molecule has 0 saturated carbocycles. The lowest BCUT2D eigenvalue weighted by atomic mass is 10.2. The van der Waals surface area contributed by atoms with Gasteiger partial charge in [0.25, 0.3) is 0 Å². The first-order valence-electron chi connectivity index (χ1n) is 6.63. The van der Waals surface area contributed by atoms with Gasteiger partial charge < -0.3 is 13.8 Å². The van der Waals surface area contributed by atoms with Crippen LogP contribution in [0.5, 0.6) is 5.75 Å². The molecule has 0 aromatic heterocycles. The van der Waals surface area contributed by atoms with Crippen molar-refractivity contribution in [1.82, 2.24) is 0 Å². The maximum atomic E-state index is 12.5. The highest BCUT2D eigenvalue weighted by atomic mass is 31.2. The van der Waals surface area contributed by atoms with Crippen LogP contribution in [0.15, 0.2) is 24.3 Å². The van der Waals surface area contributed by atoms with E-state index in [1.807, 2.05) is 52.0 Å². The topological polar surface area (TPSA) is 44.8 Å². The predicted molar refractivity (Wildman–Crippen MR) is 76.8 cm³/mol. The zero-order valence-corrected chi connectivity index (χ0v) is 13.0. The monoisotopic (exact) mass is 286 g/mol. The average molecular weight is 286 g/mol. The molecule has 0 N–H and O–H groups in total. The van der Waals surface area contributed by atoms with Gasteiger partial charge in [-0.1, -0.05) is 18.2 Å². The molecule has 0 radical (unpaired) electrons. The van der Waals surface area contributed by atoms with Crippen molar-refractivity contribution < 1.29 is 18.3 Å². The first kappa shape index (κ1) is 16.2. The van der Waals surface area contributed by atoms with E-state index in [0.29, 0.717) is 13.2 Å². The van der Waals surface area contributed by atoms with Crippen molar-refractivity contribution in [3.05, 3.63) is 29.8 Å². The molecule has 1 rings (SSSR count). The summed E-state index contributed by atoms with van der Waals surface area (Å²) in [6.45, 7) is 8.27. The fraction of sp³-hybridized carbons (Fsp3) is 0.571. The second-order valence-corrected chi connectivity index (χ2v) is 6.43. The molecule has 0 atom stereocenters. The van der Waals surface area contributed by atoms with Crippen LogP contribution in [0.3, 0.4) is 0 Å². The van der Waals surface area contributed by atoms with Gasteiger partial charge in [-0.2, -0.15) is 0 Å². The molecule has 0 saturated heterocycles. The molecule has 0 spiro atoms. The predicted octanol–water partition coefficient (Wildman–Crippen LogP) is 4.24. The van der Waals surface area contributed by atoms with Crippen molar-refractivity contribution in [3.63, 3.8) is 0 Å². The molecule has 0 heterocycles. The molecule has 4 nitrogen and oxygen atoms in total. The zero-order valence-electron chi connectivity index (χ0n) is 12.1. The molecule has 1 aromatic carbocycles. The van der Waals surface area contributed by atoms with Gasteiger partial charge in [0, 0.05) is 5.56 Å². The Bertz CT molecular complexity index is 421. The smallest absolute Gasteiger partial charge is 0.335 e. The lowest BCUT2D eigenvalue weighted by Crippen LogP contribution is -2.08. The lowest BCUT2D eigenvalue weighted by Gasteiger charge is -2.19. The molecular weight excluding hydrogens is 263 g/mol. The van der Waals surface area contributed by atoms with E-state index >= 15 is 0 Å². The number of benzene rings is 1. The number of hydrogen-bond acceptors (Lipinski definition) is 4. The highest BCUT2D eigenvalue weighted by Gasteiger charge is 2.25. The van der Waals surface area contributed by atoms with Crippen LogP contribution >= 0.6 is 7.60 Å². The van der Waals surface area contributed by atoms with E-state index in [0.717, 1.165) is 11.3 Å². The van der Waals surface area contributed by atoms with Gasteiger partial charge in [-0.15, -0.1) is 0 Å². The average Bonchev–Trinajstić information content (AvgIpc) is 2.31. The van der Waals surface area contributed by atoms with Crippen molar-refractivity contribution in [3.8, 4) is 5.75 Å². The fourth-order valence-corrected chi connectivity index (χ4v) is 3.46. The van der Waals surface area contributed by atoms with Gasteiger partial charge in [-0.25, -0.2) is 0 Å². The molecule has 5 heteroatoms. The van der Waals surface area contributed by atoms with Gasteiger partial charge in [-0.05, 0) is 33.8 Å². The molecule has 0 bridgehead atoms. The Labute approximate surface area is 115 Å². The molecule has 1 aromatic rings. The first-order chi connectivity index (χ1) is 9.00. The Morgan fingerprint density at radius 1 is 1.11 bits per heavy atom. The van der Waals surface area contributed by atoms with Crippen LogP contribution < -0.4 is 4.74 Å². The van der Waals surface area contributed by atoms with Crippen LogP contribution in [-0.4, -0.2) is 19.3 Å². The molecule has 108 valence electrons. The molecule has 0 amide bonds. The van der Waals surface area contributed by atoms with Crippen LogP contribution in [0.2, 0.25) is 0 Å². The molecule has 0 aliphatic rings. The summed E-state index contributed by atoms with van der Waals surface area (Å²) in [4.78, 5) is 0. The van der Waals surface area contributed by atoms with Gasteiger partial charge in [0.1, 0.15) is 5.75 Å². The Kier molecular flexibility index (Phi) is 6.56. The molecular formula is C14H23O4P. The van der Waals surface area contributed by atoms with E-state index < -0.39 is 7.60 Å². The number of rotatable bonds is 8. The minimum atomic E-state index is -3.09. The van der Waals surface area contributed by atoms with Crippen LogP contribution in [0, 0.1) is 0 Å². The van der Waals surface area contributed by atoms with E-state index in [1.165, 1.54) is 0 Å². The summed E-state index contributed by atoms with van der Waals surface area (Å²) in [5.74, 6) is 0.733. The third kappa shape index (κ3) is 5.35. The minimum absolute atomic E-state index is 0.0692. The summed E-state index contributed by atoms with van der Waals surface area (Å²) < 4.78 is 28.9. The van der Waals surface area contributed by atoms with Crippen molar-refractivity contribution >= 4 is 7.60 Å². The summed E-state index contributed by atoms with van der Waals surface area (Å²) in [5.41, 5.74) is 0.849. The van der Waals surface area contributed by atoms with Crippen LogP contribution in [0.1, 0.15) is 33.3 Å². The molecule has 0 aliphatic heterocycles. The normalized spacial score (nSPS) is 11.8. The number of para-hydroxylation sites is 1. The summed E-state index contributed by atoms with van der Waals surface area (Å²) in [7, 11) is -3.09. The Morgan fingerprint density at radius 2 is 1.68 bits per heavy atom. The van der Waals surface area contributed by atoms with Crippen molar-refractivity contribution in [2.45, 2.75) is 40.0 Å². The van der Waals surface area contributed by atoms with Gasteiger partial charge >= 0.3 is 7.60 Å². The molecule has 19 heavy (non-hydrogen) atoms.